The molecule has 0 bridgehead atoms. The topological polar surface area (TPSA) is 34.1 Å². The van der Waals surface area contributed by atoms with Crippen LogP contribution in [0.25, 0.3) is 0 Å². The highest BCUT2D eigenvalue weighted by Gasteiger charge is 2.00. The van der Waals surface area contributed by atoms with Crippen molar-refractivity contribution in [3.05, 3.63) is 34.9 Å². The van der Waals surface area contributed by atoms with Crippen LogP contribution in [-0.4, -0.2) is 12.6 Å². The lowest BCUT2D eigenvalue weighted by Gasteiger charge is -2.02. The lowest BCUT2D eigenvalue weighted by molar-refractivity contribution is -0.107. The molecule has 0 aliphatic rings. The zero-order valence-electron chi connectivity index (χ0n) is 7.62. The third kappa shape index (κ3) is 2.51. The van der Waals surface area contributed by atoms with Crippen molar-refractivity contribution in [1.29, 1.82) is 0 Å². The number of rotatable bonds is 4. The molecule has 2 nitrogen and oxygen atoms in total. The minimum absolute atomic E-state index is 0.476. The normalized spacial score (nSPS) is 9.62. The summed E-state index contributed by atoms with van der Waals surface area (Å²) in [7, 11) is 0. The summed E-state index contributed by atoms with van der Waals surface area (Å²) < 4.78 is 0. The van der Waals surface area contributed by atoms with E-state index >= 15 is 0 Å². The van der Waals surface area contributed by atoms with Crippen LogP contribution < -0.4 is 0 Å². The van der Waals surface area contributed by atoms with Crippen LogP contribution in [-0.2, 0) is 11.2 Å². The molecule has 0 spiro atoms. The molecule has 2 heteroatoms. The van der Waals surface area contributed by atoms with E-state index in [2.05, 4.69) is 0 Å². The highest BCUT2D eigenvalue weighted by atomic mass is 16.1. The fourth-order valence-corrected chi connectivity index (χ4v) is 1.27. The van der Waals surface area contributed by atoms with E-state index in [1.165, 1.54) is 0 Å². The third-order valence-electron chi connectivity index (χ3n) is 1.96. The van der Waals surface area contributed by atoms with Gasteiger partial charge in [0, 0.05) is 12.0 Å². The Balaban J connectivity index is 2.91. The lowest BCUT2D eigenvalue weighted by atomic mass is 10.0. The van der Waals surface area contributed by atoms with Gasteiger partial charge >= 0.3 is 0 Å². The summed E-state index contributed by atoms with van der Waals surface area (Å²) in [5, 5.41) is 0. The fraction of sp³-hybridized carbons (Fsp3) is 0.273. The zero-order valence-corrected chi connectivity index (χ0v) is 7.62. The maximum Gasteiger partial charge on any atom is 0.150 e. The van der Waals surface area contributed by atoms with Gasteiger partial charge in [-0.1, -0.05) is 17.7 Å². The van der Waals surface area contributed by atoms with Crippen molar-refractivity contribution in [3.8, 4) is 0 Å². The molecule has 1 aromatic carbocycles. The van der Waals surface area contributed by atoms with Gasteiger partial charge in [-0.3, -0.25) is 4.79 Å². The first kappa shape index (κ1) is 9.65. The molecule has 1 rings (SSSR count). The van der Waals surface area contributed by atoms with Crippen molar-refractivity contribution in [3.63, 3.8) is 0 Å². The molecule has 0 heterocycles. The quantitative estimate of drug-likeness (QED) is 0.657. The second-order valence-corrected chi connectivity index (χ2v) is 3.03. The first-order valence-electron chi connectivity index (χ1n) is 4.26. The van der Waals surface area contributed by atoms with E-state index in [-0.39, 0.29) is 0 Å². The van der Waals surface area contributed by atoms with Gasteiger partial charge in [0.2, 0.25) is 0 Å². The summed E-state index contributed by atoms with van der Waals surface area (Å²) in [6, 6.07) is 5.70. The van der Waals surface area contributed by atoms with Gasteiger partial charge in [0.1, 0.15) is 12.6 Å². The van der Waals surface area contributed by atoms with Crippen LogP contribution in [0.5, 0.6) is 0 Å². The van der Waals surface area contributed by atoms with Gasteiger partial charge < -0.3 is 4.79 Å². The molecule has 0 fully saturated rings. The van der Waals surface area contributed by atoms with Gasteiger partial charge in [-0.25, -0.2) is 0 Å². The molecule has 0 saturated carbocycles. The number of carbonyl (C=O) groups is 2. The Kier molecular flexibility index (Phi) is 3.38. The standard InChI is InChI=1S/C11H12O2/c1-9-4-5-10(3-2-6-12)11(7-9)8-13/h4-8H,2-3H2,1H3. The minimum Gasteiger partial charge on any atom is -0.303 e. The molecule has 0 atom stereocenters. The second kappa shape index (κ2) is 4.55. The van der Waals surface area contributed by atoms with Crippen molar-refractivity contribution in [1.82, 2.24) is 0 Å². The predicted molar refractivity (Wildman–Crippen MR) is 51.0 cm³/mol. The fourth-order valence-electron chi connectivity index (χ4n) is 1.27. The summed E-state index contributed by atoms with van der Waals surface area (Å²) in [4.78, 5) is 20.8. The van der Waals surface area contributed by atoms with Crippen LogP contribution in [0.15, 0.2) is 18.2 Å². The molecule has 0 aliphatic heterocycles. The number of aldehydes is 2. The van der Waals surface area contributed by atoms with E-state index < -0.39 is 0 Å². The summed E-state index contributed by atoms with van der Waals surface area (Å²) in [5.74, 6) is 0. The number of hydrogen-bond acceptors (Lipinski definition) is 2. The maximum atomic E-state index is 10.7. The Labute approximate surface area is 77.6 Å². The van der Waals surface area contributed by atoms with Gasteiger partial charge in [0.05, 0.1) is 0 Å². The van der Waals surface area contributed by atoms with Gasteiger partial charge in [-0.05, 0) is 25.0 Å². The predicted octanol–water partition coefficient (Wildman–Crippen LogP) is 1.94. The molecule has 1 aromatic rings. The van der Waals surface area contributed by atoms with Gasteiger partial charge in [0.25, 0.3) is 0 Å². The van der Waals surface area contributed by atoms with Crippen LogP contribution in [0.3, 0.4) is 0 Å². The molecular weight excluding hydrogens is 164 g/mol. The Morgan fingerprint density at radius 3 is 2.69 bits per heavy atom. The van der Waals surface area contributed by atoms with Crippen molar-refractivity contribution in [2.75, 3.05) is 0 Å². The lowest BCUT2D eigenvalue weighted by Crippen LogP contribution is -1.94. The monoisotopic (exact) mass is 176 g/mol. The van der Waals surface area contributed by atoms with E-state index in [1.54, 1.807) is 0 Å². The molecule has 0 aromatic heterocycles. The minimum atomic E-state index is 0.476. The molecule has 0 unspecified atom stereocenters. The largest absolute Gasteiger partial charge is 0.303 e. The summed E-state index contributed by atoms with van der Waals surface area (Å²) >= 11 is 0. The van der Waals surface area contributed by atoms with E-state index in [0.717, 1.165) is 23.7 Å². The maximum absolute atomic E-state index is 10.7. The molecule has 0 N–H and O–H groups in total. The average Bonchev–Trinajstić information content (AvgIpc) is 2.16. The van der Waals surface area contributed by atoms with E-state index in [1.807, 2.05) is 25.1 Å². The van der Waals surface area contributed by atoms with Gasteiger partial charge in [-0.15, -0.1) is 0 Å². The third-order valence-corrected chi connectivity index (χ3v) is 1.96. The van der Waals surface area contributed by atoms with Crippen molar-refractivity contribution in [2.24, 2.45) is 0 Å². The Bertz CT molecular complexity index is 316. The van der Waals surface area contributed by atoms with E-state index in [0.29, 0.717) is 18.4 Å². The highest BCUT2D eigenvalue weighted by Crippen LogP contribution is 2.11. The molecule has 0 aliphatic carbocycles. The molecule has 0 radical (unpaired) electrons. The van der Waals surface area contributed by atoms with Gasteiger partial charge in [0.15, 0.2) is 0 Å². The Hall–Kier alpha value is -1.44. The first-order chi connectivity index (χ1) is 6.27. The van der Waals surface area contributed by atoms with Crippen molar-refractivity contribution < 1.29 is 9.59 Å². The number of aryl methyl sites for hydroxylation is 2. The Morgan fingerprint density at radius 1 is 1.31 bits per heavy atom. The Morgan fingerprint density at radius 2 is 2.08 bits per heavy atom. The van der Waals surface area contributed by atoms with E-state index in [4.69, 9.17) is 0 Å². The van der Waals surface area contributed by atoms with Crippen molar-refractivity contribution >= 4 is 12.6 Å². The molecular formula is C11H12O2. The van der Waals surface area contributed by atoms with Crippen LogP contribution in [0.1, 0.15) is 27.9 Å². The molecule has 68 valence electrons. The van der Waals surface area contributed by atoms with Gasteiger partial charge in [-0.2, -0.15) is 0 Å². The molecule has 0 amide bonds. The van der Waals surface area contributed by atoms with Crippen LogP contribution in [0.2, 0.25) is 0 Å². The average molecular weight is 176 g/mol. The van der Waals surface area contributed by atoms with E-state index in [9.17, 15) is 9.59 Å². The smallest absolute Gasteiger partial charge is 0.150 e. The summed E-state index contributed by atoms with van der Waals surface area (Å²) in [6.45, 7) is 1.94. The highest BCUT2D eigenvalue weighted by molar-refractivity contribution is 5.77. The first-order valence-corrected chi connectivity index (χ1v) is 4.26. The number of hydrogen-bond donors (Lipinski definition) is 0. The SMILES string of the molecule is Cc1ccc(CCC=O)c(C=O)c1. The van der Waals surface area contributed by atoms with Crippen LogP contribution >= 0.6 is 0 Å². The summed E-state index contributed by atoms with van der Waals surface area (Å²) in [5.41, 5.74) is 2.71. The van der Waals surface area contributed by atoms with Crippen LogP contribution in [0.4, 0.5) is 0 Å². The van der Waals surface area contributed by atoms with Crippen molar-refractivity contribution in [2.45, 2.75) is 19.8 Å². The summed E-state index contributed by atoms with van der Waals surface area (Å²) in [6.07, 6.45) is 2.84. The number of carbonyl (C=O) groups excluding carboxylic acids is 2. The zero-order chi connectivity index (χ0) is 9.68. The molecule has 0 saturated heterocycles. The second-order valence-electron chi connectivity index (χ2n) is 3.03. The number of benzene rings is 1. The molecule has 13 heavy (non-hydrogen) atoms. The van der Waals surface area contributed by atoms with Crippen LogP contribution in [0, 0.1) is 6.92 Å².